The van der Waals surface area contributed by atoms with Gasteiger partial charge in [0.1, 0.15) is 18.0 Å². The molecule has 0 aliphatic carbocycles. The van der Waals surface area contributed by atoms with Crippen molar-refractivity contribution in [2.75, 3.05) is 11.9 Å². The van der Waals surface area contributed by atoms with Crippen LogP contribution < -0.4 is 5.32 Å². The number of para-hydroxylation sites is 1. The van der Waals surface area contributed by atoms with E-state index in [4.69, 9.17) is 0 Å². The lowest BCUT2D eigenvalue weighted by atomic mass is 10.3. The van der Waals surface area contributed by atoms with Gasteiger partial charge in [-0.25, -0.2) is 19.6 Å². The minimum absolute atomic E-state index is 0.744. The number of hydrogen-bond acceptors (Lipinski definition) is 5. The molecule has 0 aliphatic heterocycles. The van der Waals surface area contributed by atoms with Crippen LogP contribution in [0.2, 0.25) is 0 Å². The summed E-state index contributed by atoms with van der Waals surface area (Å²) in [6, 6.07) is 9.95. The number of nitrogens with one attached hydrogen (secondary N) is 1. The zero-order chi connectivity index (χ0) is 16.4. The highest BCUT2D eigenvalue weighted by Crippen LogP contribution is 2.21. The van der Waals surface area contributed by atoms with Gasteiger partial charge in [-0.05, 0) is 12.1 Å². The number of rotatable bonds is 5. The van der Waals surface area contributed by atoms with Crippen molar-refractivity contribution in [1.29, 1.82) is 0 Å². The summed E-state index contributed by atoms with van der Waals surface area (Å²) in [4.78, 5) is 13.1. The van der Waals surface area contributed by atoms with Gasteiger partial charge in [-0.3, -0.25) is 0 Å². The normalized spacial score (nSPS) is 11.0. The van der Waals surface area contributed by atoms with E-state index in [-0.39, 0.29) is 0 Å². The van der Waals surface area contributed by atoms with Crippen molar-refractivity contribution in [2.45, 2.75) is 6.42 Å². The van der Waals surface area contributed by atoms with Crippen LogP contribution in [0.4, 0.5) is 5.82 Å². The van der Waals surface area contributed by atoms with Crippen LogP contribution in [0.15, 0.2) is 55.2 Å². The Morgan fingerprint density at radius 2 is 1.96 bits per heavy atom. The van der Waals surface area contributed by atoms with Gasteiger partial charge in [-0.2, -0.15) is 5.10 Å². The highest BCUT2D eigenvalue weighted by molar-refractivity contribution is 5.87. The fraction of sp³-hybridized carbons (Fsp3) is 0.176. The Kier molecular flexibility index (Phi) is 3.66. The summed E-state index contributed by atoms with van der Waals surface area (Å²) in [5.41, 5.74) is 1.76. The molecule has 24 heavy (non-hydrogen) atoms. The maximum absolute atomic E-state index is 4.46. The largest absolute Gasteiger partial charge is 0.369 e. The van der Waals surface area contributed by atoms with Crippen molar-refractivity contribution in [3.05, 3.63) is 61.1 Å². The first-order valence-corrected chi connectivity index (χ1v) is 7.77. The third kappa shape index (κ3) is 2.60. The van der Waals surface area contributed by atoms with Gasteiger partial charge in [0.25, 0.3) is 0 Å². The average molecular weight is 319 g/mol. The first-order valence-electron chi connectivity index (χ1n) is 7.77. The Balaban J connectivity index is 1.58. The number of imidazole rings is 1. The molecule has 4 aromatic rings. The highest BCUT2D eigenvalue weighted by Gasteiger charge is 2.10. The first-order chi connectivity index (χ1) is 11.8. The monoisotopic (exact) mass is 319 g/mol. The van der Waals surface area contributed by atoms with E-state index in [9.17, 15) is 0 Å². The number of nitrogens with zero attached hydrogens (tertiary/aromatic N) is 6. The predicted octanol–water partition coefficient (Wildman–Crippen LogP) is 2.20. The van der Waals surface area contributed by atoms with E-state index in [1.807, 2.05) is 59.0 Å². The van der Waals surface area contributed by atoms with Gasteiger partial charge in [0.2, 0.25) is 0 Å². The first kappa shape index (κ1) is 14.4. The van der Waals surface area contributed by atoms with Crippen LogP contribution in [0.1, 0.15) is 5.82 Å². The number of aryl methyl sites for hydroxylation is 1. The summed E-state index contributed by atoms with van der Waals surface area (Å²) >= 11 is 0. The van der Waals surface area contributed by atoms with Crippen molar-refractivity contribution in [3.8, 4) is 5.69 Å². The second-order valence-electron chi connectivity index (χ2n) is 5.48. The fourth-order valence-corrected chi connectivity index (χ4v) is 2.67. The summed E-state index contributed by atoms with van der Waals surface area (Å²) < 4.78 is 3.84. The molecule has 4 rings (SSSR count). The van der Waals surface area contributed by atoms with Crippen LogP contribution in [-0.2, 0) is 13.5 Å². The predicted molar refractivity (Wildman–Crippen MR) is 92.1 cm³/mol. The summed E-state index contributed by atoms with van der Waals surface area (Å²) in [5, 5.41) is 8.72. The topological polar surface area (TPSA) is 73.5 Å². The van der Waals surface area contributed by atoms with E-state index in [0.717, 1.165) is 41.3 Å². The maximum atomic E-state index is 4.46. The molecule has 0 saturated carbocycles. The van der Waals surface area contributed by atoms with E-state index in [1.54, 1.807) is 12.5 Å². The Labute approximate surface area is 139 Å². The number of anilines is 1. The van der Waals surface area contributed by atoms with Gasteiger partial charge in [0.15, 0.2) is 5.65 Å². The molecule has 3 aromatic heterocycles. The number of hydrogen-bond donors (Lipinski definition) is 1. The molecule has 0 radical (unpaired) electrons. The molecule has 1 aromatic carbocycles. The van der Waals surface area contributed by atoms with E-state index >= 15 is 0 Å². The van der Waals surface area contributed by atoms with E-state index in [1.165, 1.54) is 0 Å². The molecule has 7 heteroatoms. The fourth-order valence-electron chi connectivity index (χ4n) is 2.67. The molecule has 1 N–H and O–H groups in total. The van der Waals surface area contributed by atoms with Crippen LogP contribution in [-0.4, -0.2) is 35.8 Å². The molecule has 0 saturated heterocycles. The lowest BCUT2D eigenvalue weighted by Gasteiger charge is -2.07. The van der Waals surface area contributed by atoms with Crippen molar-refractivity contribution in [1.82, 2.24) is 29.3 Å². The molecule has 0 amide bonds. The summed E-state index contributed by atoms with van der Waals surface area (Å²) in [5.74, 6) is 1.82. The van der Waals surface area contributed by atoms with Crippen molar-refractivity contribution < 1.29 is 0 Å². The number of benzene rings is 1. The smallest absolute Gasteiger partial charge is 0.168 e. The number of fused-ring (bicyclic) bond motifs is 1. The van der Waals surface area contributed by atoms with E-state index in [0.29, 0.717) is 0 Å². The van der Waals surface area contributed by atoms with E-state index in [2.05, 4.69) is 25.4 Å². The van der Waals surface area contributed by atoms with Crippen molar-refractivity contribution in [2.24, 2.45) is 7.05 Å². The summed E-state index contributed by atoms with van der Waals surface area (Å²) in [6.07, 6.45) is 7.93. The van der Waals surface area contributed by atoms with Crippen LogP contribution in [0.5, 0.6) is 0 Å². The van der Waals surface area contributed by atoms with Gasteiger partial charge in [-0.15, -0.1) is 0 Å². The summed E-state index contributed by atoms with van der Waals surface area (Å²) in [6.45, 7) is 0.744. The molecule has 0 unspecified atom stereocenters. The third-order valence-electron chi connectivity index (χ3n) is 3.93. The minimum atomic E-state index is 0.744. The van der Waals surface area contributed by atoms with Crippen molar-refractivity contribution >= 4 is 16.9 Å². The standard InChI is InChI=1S/C17H17N7/c1-23-10-9-18-15(23)7-8-19-16-14-11-22-24(17(14)21-12-20-16)13-5-3-2-4-6-13/h2-6,9-12H,7-8H2,1H3,(H,19,20,21). The highest BCUT2D eigenvalue weighted by atomic mass is 15.3. The molecule has 7 nitrogen and oxygen atoms in total. The molecule has 120 valence electrons. The van der Waals surface area contributed by atoms with Crippen LogP contribution in [0, 0.1) is 0 Å². The third-order valence-corrected chi connectivity index (χ3v) is 3.93. The summed E-state index contributed by atoms with van der Waals surface area (Å²) in [7, 11) is 2.00. The van der Waals surface area contributed by atoms with Gasteiger partial charge >= 0.3 is 0 Å². The molecular formula is C17H17N7. The van der Waals surface area contributed by atoms with Gasteiger partial charge in [-0.1, -0.05) is 18.2 Å². The molecule has 3 heterocycles. The average Bonchev–Trinajstić information content (AvgIpc) is 3.23. The SMILES string of the molecule is Cn1ccnc1CCNc1ncnc2c1cnn2-c1ccccc1. The second kappa shape index (κ2) is 6.11. The van der Waals surface area contributed by atoms with Gasteiger partial charge in [0.05, 0.1) is 17.3 Å². The Morgan fingerprint density at radius 3 is 2.75 bits per heavy atom. The second-order valence-corrected chi connectivity index (χ2v) is 5.48. The molecule has 0 fully saturated rings. The quantitative estimate of drug-likeness (QED) is 0.610. The molecular weight excluding hydrogens is 302 g/mol. The lowest BCUT2D eigenvalue weighted by Crippen LogP contribution is -2.10. The van der Waals surface area contributed by atoms with E-state index < -0.39 is 0 Å². The Hall–Kier alpha value is -3.22. The Bertz CT molecular complexity index is 955. The molecule has 0 atom stereocenters. The number of aromatic nitrogens is 6. The van der Waals surface area contributed by atoms with Crippen LogP contribution >= 0.6 is 0 Å². The van der Waals surface area contributed by atoms with Gasteiger partial charge < -0.3 is 9.88 Å². The van der Waals surface area contributed by atoms with Crippen molar-refractivity contribution in [3.63, 3.8) is 0 Å². The molecule has 0 aliphatic rings. The van der Waals surface area contributed by atoms with Crippen LogP contribution in [0.3, 0.4) is 0 Å². The zero-order valence-corrected chi connectivity index (χ0v) is 13.3. The minimum Gasteiger partial charge on any atom is -0.369 e. The van der Waals surface area contributed by atoms with Gasteiger partial charge in [0, 0.05) is 32.4 Å². The lowest BCUT2D eigenvalue weighted by molar-refractivity contribution is 0.789. The zero-order valence-electron chi connectivity index (χ0n) is 13.3. The maximum Gasteiger partial charge on any atom is 0.168 e. The Morgan fingerprint density at radius 1 is 1.08 bits per heavy atom. The molecule has 0 spiro atoms. The van der Waals surface area contributed by atoms with Crippen LogP contribution in [0.25, 0.3) is 16.7 Å². The molecule has 0 bridgehead atoms.